The highest BCUT2D eigenvalue weighted by Gasteiger charge is 2.31. The maximum absolute atomic E-state index is 11.8. The number of nitrogens with two attached hydrogens (primary N) is 1. The van der Waals surface area contributed by atoms with Gasteiger partial charge in [-0.25, -0.2) is 0 Å². The van der Waals surface area contributed by atoms with E-state index in [0.29, 0.717) is 5.33 Å². The maximum Gasteiger partial charge on any atom is 0.573 e. The molecule has 0 saturated heterocycles. The number of rotatable bonds is 2. The van der Waals surface area contributed by atoms with E-state index in [0.717, 1.165) is 11.6 Å². The summed E-state index contributed by atoms with van der Waals surface area (Å²) in [5.41, 5.74) is 6.46. The Bertz CT molecular complexity index is 327. The van der Waals surface area contributed by atoms with Crippen molar-refractivity contribution in [3.63, 3.8) is 0 Å². The first kappa shape index (κ1) is 11.2. The Morgan fingerprint density at radius 3 is 2.43 bits per heavy atom. The van der Waals surface area contributed by atoms with Crippen molar-refractivity contribution in [1.82, 2.24) is 0 Å². The molecule has 2 N–H and O–H groups in total. The first-order valence-electron chi connectivity index (χ1n) is 3.62. The highest BCUT2D eigenvalue weighted by Crippen LogP contribution is 2.26. The predicted molar refractivity (Wildman–Crippen MR) is 50.2 cm³/mol. The quantitative estimate of drug-likeness (QED) is 0.662. The van der Waals surface area contributed by atoms with E-state index in [9.17, 15) is 13.2 Å². The van der Waals surface area contributed by atoms with Gasteiger partial charge in [-0.1, -0.05) is 22.0 Å². The van der Waals surface area contributed by atoms with Gasteiger partial charge in [-0.05, 0) is 11.6 Å². The molecule has 0 heterocycles. The Kier molecular flexibility index (Phi) is 3.25. The van der Waals surface area contributed by atoms with Crippen molar-refractivity contribution in [3.8, 4) is 5.75 Å². The molecule has 78 valence electrons. The SMILES string of the molecule is Nc1cc(OC(F)(F)F)ccc1CBr. The van der Waals surface area contributed by atoms with E-state index in [2.05, 4.69) is 20.7 Å². The molecule has 2 nitrogen and oxygen atoms in total. The number of benzene rings is 1. The summed E-state index contributed by atoms with van der Waals surface area (Å²) < 4.78 is 39.0. The zero-order chi connectivity index (χ0) is 10.8. The number of anilines is 1. The summed E-state index contributed by atoms with van der Waals surface area (Å²) in [6, 6.07) is 3.84. The lowest BCUT2D eigenvalue weighted by atomic mass is 10.2. The van der Waals surface area contributed by atoms with Gasteiger partial charge in [0.05, 0.1) is 0 Å². The molecule has 0 unspecified atom stereocenters. The number of nitrogen functional groups attached to an aromatic ring is 1. The number of halogens is 4. The molecule has 0 aromatic heterocycles. The smallest absolute Gasteiger partial charge is 0.406 e. The van der Waals surface area contributed by atoms with Crippen molar-refractivity contribution in [1.29, 1.82) is 0 Å². The second kappa shape index (κ2) is 4.08. The van der Waals surface area contributed by atoms with Crippen LogP contribution in [0.3, 0.4) is 0 Å². The third kappa shape index (κ3) is 3.10. The molecule has 0 amide bonds. The van der Waals surface area contributed by atoms with Gasteiger partial charge in [0, 0.05) is 17.1 Å². The summed E-state index contributed by atoms with van der Waals surface area (Å²) >= 11 is 3.15. The third-order valence-electron chi connectivity index (χ3n) is 1.49. The fourth-order valence-corrected chi connectivity index (χ4v) is 1.40. The van der Waals surface area contributed by atoms with Gasteiger partial charge in [-0.3, -0.25) is 0 Å². The molecular formula is C8H7BrF3NO. The van der Waals surface area contributed by atoms with Crippen molar-refractivity contribution >= 4 is 21.6 Å². The average Bonchev–Trinajstić information content (AvgIpc) is 2.01. The molecule has 0 spiro atoms. The molecule has 0 saturated carbocycles. The largest absolute Gasteiger partial charge is 0.573 e. The number of ether oxygens (including phenoxy) is 1. The maximum atomic E-state index is 11.8. The Balaban J connectivity index is 2.87. The molecule has 0 aliphatic rings. The molecule has 1 aromatic rings. The van der Waals surface area contributed by atoms with Crippen LogP contribution in [0.5, 0.6) is 5.75 Å². The van der Waals surface area contributed by atoms with Gasteiger partial charge in [0.25, 0.3) is 0 Å². The summed E-state index contributed by atoms with van der Waals surface area (Å²) in [6.45, 7) is 0. The van der Waals surface area contributed by atoms with Crippen LogP contribution < -0.4 is 10.5 Å². The molecule has 14 heavy (non-hydrogen) atoms. The number of hydrogen-bond acceptors (Lipinski definition) is 2. The minimum absolute atomic E-state index is 0.267. The Morgan fingerprint density at radius 2 is 2.00 bits per heavy atom. The monoisotopic (exact) mass is 269 g/mol. The zero-order valence-electron chi connectivity index (χ0n) is 6.94. The van der Waals surface area contributed by atoms with Gasteiger partial charge in [-0.15, -0.1) is 13.2 Å². The van der Waals surface area contributed by atoms with E-state index >= 15 is 0 Å². The first-order valence-corrected chi connectivity index (χ1v) is 4.74. The lowest BCUT2D eigenvalue weighted by Crippen LogP contribution is -2.17. The molecular weight excluding hydrogens is 263 g/mol. The highest BCUT2D eigenvalue weighted by atomic mass is 79.9. The summed E-state index contributed by atoms with van der Waals surface area (Å²) in [5, 5.41) is 0.491. The minimum atomic E-state index is -4.68. The molecule has 0 fully saturated rings. The van der Waals surface area contributed by atoms with Gasteiger partial charge in [0.15, 0.2) is 0 Å². The lowest BCUT2D eigenvalue weighted by Gasteiger charge is -2.10. The van der Waals surface area contributed by atoms with E-state index in [1.807, 2.05) is 0 Å². The van der Waals surface area contributed by atoms with Gasteiger partial charge < -0.3 is 10.5 Å². The highest BCUT2D eigenvalue weighted by molar-refractivity contribution is 9.08. The van der Waals surface area contributed by atoms with E-state index in [1.54, 1.807) is 0 Å². The lowest BCUT2D eigenvalue weighted by molar-refractivity contribution is -0.274. The van der Waals surface area contributed by atoms with Gasteiger partial charge in [0.1, 0.15) is 5.75 Å². The number of hydrogen-bond donors (Lipinski definition) is 1. The summed E-state index contributed by atoms with van der Waals surface area (Å²) in [7, 11) is 0. The van der Waals surface area contributed by atoms with Crippen LogP contribution in [0.4, 0.5) is 18.9 Å². The Morgan fingerprint density at radius 1 is 1.36 bits per heavy atom. The second-order valence-corrected chi connectivity index (χ2v) is 3.10. The molecule has 1 rings (SSSR count). The zero-order valence-corrected chi connectivity index (χ0v) is 8.52. The second-order valence-electron chi connectivity index (χ2n) is 2.54. The van der Waals surface area contributed by atoms with E-state index < -0.39 is 6.36 Å². The van der Waals surface area contributed by atoms with E-state index in [-0.39, 0.29) is 11.4 Å². The average molecular weight is 270 g/mol. The minimum Gasteiger partial charge on any atom is -0.406 e. The standard InChI is InChI=1S/C8H7BrF3NO/c9-4-5-1-2-6(3-7(5)13)14-8(10,11)12/h1-3H,4,13H2. The molecule has 0 bridgehead atoms. The van der Waals surface area contributed by atoms with Crippen LogP contribution in [-0.2, 0) is 5.33 Å². The molecule has 1 aromatic carbocycles. The van der Waals surface area contributed by atoms with E-state index in [1.165, 1.54) is 12.1 Å². The fraction of sp³-hybridized carbons (Fsp3) is 0.250. The summed E-state index contributed by atoms with van der Waals surface area (Å²) in [6.07, 6.45) is -4.68. The third-order valence-corrected chi connectivity index (χ3v) is 2.10. The number of alkyl halides is 4. The van der Waals surface area contributed by atoms with Crippen molar-refractivity contribution in [3.05, 3.63) is 23.8 Å². The van der Waals surface area contributed by atoms with Crippen LogP contribution in [-0.4, -0.2) is 6.36 Å². The van der Waals surface area contributed by atoms with Crippen LogP contribution in [0.1, 0.15) is 5.56 Å². The van der Waals surface area contributed by atoms with E-state index in [4.69, 9.17) is 5.73 Å². The molecule has 0 aliphatic heterocycles. The predicted octanol–water partition coefficient (Wildman–Crippen LogP) is 3.06. The van der Waals surface area contributed by atoms with Crippen LogP contribution in [0.25, 0.3) is 0 Å². The summed E-state index contributed by atoms with van der Waals surface area (Å²) in [4.78, 5) is 0. The molecule has 0 radical (unpaired) electrons. The van der Waals surface area contributed by atoms with Gasteiger partial charge in [-0.2, -0.15) is 0 Å². The molecule has 0 atom stereocenters. The summed E-state index contributed by atoms with van der Waals surface area (Å²) in [5.74, 6) is -0.306. The molecule has 6 heteroatoms. The van der Waals surface area contributed by atoms with Crippen molar-refractivity contribution in [2.24, 2.45) is 0 Å². The van der Waals surface area contributed by atoms with Crippen LogP contribution in [0.2, 0.25) is 0 Å². The van der Waals surface area contributed by atoms with Crippen LogP contribution in [0.15, 0.2) is 18.2 Å². The molecule has 0 aliphatic carbocycles. The van der Waals surface area contributed by atoms with Gasteiger partial charge >= 0.3 is 6.36 Å². The van der Waals surface area contributed by atoms with Gasteiger partial charge in [0.2, 0.25) is 0 Å². The van der Waals surface area contributed by atoms with Crippen molar-refractivity contribution in [2.45, 2.75) is 11.7 Å². The fourth-order valence-electron chi connectivity index (χ4n) is 0.892. The van der Waals surface area contributed by atoms with Crippen LogP contribution in [0, 0.1) is 0 Å². The Hall–Kier alpha value is -0.910. The Labute approximate surface area is 87.0 Å². The first-order chi connectivity index (χ1) is 6.42. The topological polar surface area (TPSA) is 35.2 Å². The van der Waals surface area contributed by atoms with Crippen molar-refractivity contribution < 1.29 is 17.9 Å². The van der Waals surface area contributed by atoms with Crippen molar-refractivity contribution in [2.75, 3.05) is 5.73 Å². The van der Waals surface area contributed by atoms with Crippen LogP contribution >= 0.6 is 15.9 Å². The normalized spacial score (nSPS) is 11.4.